The Morgan fingerprint density at radius 3 is 2.27 bits per heavy atom. The molecule has 0 heterocycles. The van der Waals surface area contributed by atoms with E-state index in [1.54, 1.807) is 0 Å². The maximum atomic E-state index is 12.3. The topological polar surface area (TPSA) is 58.6 Å². The van der Waals surface area contributed by atoms with Crippen LogP contribution in [0.3, 0.4) is 0 Å². The second-order valence-electron chi connectivity index (χ2n) is 7.30. The van der Waals surface area contributed by atoms with E-state index >= 15 is 0 Å². The summed E-state index contributed by atoms with van der Waals surface area (Å²) in [6.07, 6.45) is 3.70. The number of aliphatic hydroxyl groups excluding tert-OH is 1. The molecule has 0 radical (unpaired) electrons. The molecule has 4 heteroatoms. The zero-order chi connectivity index (χ0) is 17.9. The molecule has 4 nitrogen and oxygen atoms in total. The fraction of sp³-hybridized carbons (Fsp3) is 0.409. The van der Waals surface area contributed by atoms with Gasteiger partial charge in [0.25, 0.3) is 0 Å². The highest BCUT2D eigenvalue weighted by molar-refractivity contribution is 5.79. The number of fused-ring (bicyclic) bond motifs is 3. The molecule has 2 aromatic carbocycles. The molecular formula is C22H25NO3. The first kappa shape index (κ1) is 17.1. The van der Waals surface area contributed by atoms with Crippen molar-refractivity contribution in [1.82, 2.24) is 5.32 Å². The molecule has 0 spiro atoms. The van der Waals surface area contributed by atoms with Crippen molar-refractivity contribution in [1.29, 1.82) is 0 Å². The van der Waals surface area contributed by atoms with Crippen LogP contribution in [0.4, 0.5) is 4.79 Å². The standard InChI is InChI=1S/C22H25NO3/c24-13-15-7-1-6-12-21(15)23-22(25)26-14-20-18-10-4-2-8-16(18)17-9-3-5-11-19(17)20/h2-5,8-11,15,20-21,24H,1,6-7,12-14H2,(H,23,25)/t15-,21+/m1/s1. The van der Waals surface area contributed by atoms with Gasteiger partial charge in [-0.1, -0.05) is 61.4 Å². The molecule has 0 saturated heterocycles. The average Bonchev–Trinajstić information content (AvgIpc) is 3.01. The van der Waals surface area contributed by atoms with Gasteiger partial charge in [-0.25, -0.2) is 4.79 Å². The van der Waals surface area contributed by atoms with Gasteiger partial charge in [-0.3, -0.25) is 0 Å². The molecule has 1 fully saturated rings. The van der Waals surface area contributed by atoms with Crippen molar-refractivity contribution < 1.29 is 14.6 Å². The number of ether oxygens (including phenoxy) is 1. The van der Waals surface area contributed by atoms with Crippen molar-refractivity contribution in [2.45, 2.75) is 37.6 Å². The molecule has 0 unspecified atom stereocenters. The Balaban J connectivity index is 1.44. The van der Waals surface area contributed by atoms with Gasteiger partial charge < -0.3 is 15.2 Å². The van der Waals surface area contributed by atoms with Gasteiger partial charge in [0, 0.05) is 24.5 Å². The zero-order valence-corrected chi connectivity index (χ0v) is 14.9. The Morgan fingerprint density at radius 1 is 1.00 bits per heavy atom. The predicted molar refractivity (Wildman–Crippen MR) is 101 cm³/mol. The number of alkyl carbamates (subject to hydrolysis) is 1. The van der Waals surface area contributed by atoms with Crippen LogP contribution in [-0.2, 0) is 4.74 Å². The predicted octanol–water partition coefficient (Wildman–Crippen LogP) is 4.08. The van der Waals surface area contributed by atoms with Crippen LogP contribution in [0.5, 0.6) is 0 Å². The van der Waals surface area contributed by atoms with E-state index in [4.69, 9.17) is 4.74 Å². The van der Waals surface area contributed by atoms with Crippen LogP contribution in [0, 0.1) is 5.92 Å². The molecule has 0 bridgehead atoms. The fourth-order valence-corrected chi connectivity index (χ4v) is 4.41. The van der Waals surface area contributed by atoms with Crippen LogP contribution in [-0.4, -0.2) is 30.5 Å². The number of nitrogens with one attached hydrogen (secondary N) is 1. The van der Waals surface area contributed by atoms with Gasteiger partial charge in [-0.15, -0.1) is 0 Å². The van der Waals surface area contributed by atoms with Gasteiger partial charge in [0.2, 0.25) is 0 Å². The number of aliphatic hydroxyl groups is 1. The Hall–Kier alpha value is -2.33. The number of amides is 1. The monoisotopic (exact) mass is 351 g/mol. The summed E-state index contributed by atoms with van der Waals surface area (Å²) in [5, 5.41) is 12.5. The molecule has 2 aliphatic rings. The lowest BCUT2D eigenvalue weighted by Crippen LogP contribution is -2.43. The van der Waals surface area contributed by atoms with Crippen LogP contribution >= 0.6 is 0 Å². The van der Waals surface area contributed by atoms with E-state index in [0.717, 1.165) is 25.7 Å². The zero-order valence-electron chi connectivity index (χ0n) is 14.9. The van der Waals surface area contributed by atoms with Crippen LogP contribution < -0.4 is 5.32 Å². The highest BCUT2D eigenvalue weighted by Gasteiger charge is 2.30. The van der Waals surface area contributed by atoms with Crippen molar-refractivity contribution >= 4 is 6.09 Å². The van der Waals surface area contributed by atoms with E-state index in [-0.39, 0.29) is 30.6 Å². The molecule has 26 heavy (non-hydrogen) atoms. The molecule has 2 N–H and O–H groups in total. The molecular weight excluding hydrogens is 326 g/mol. The van der Waals surface area contributed by atoms with Crippen molar-refractivity contribution in [3.63, 3.8) is 0 Å². The first-order chi connectivity index (χ1) is 12.8. The van der Waals surface area contributed by atoms with Crippen molar-refractivity contribution in [2.75, 3.05) is 13.2 Å². The fourth-order valence-electron chi connectivity index (χ4n) is 4.41. The summed E-state index contributed by atoms with van der Waals surface area (Å²) in [7, 11) is 0. The number of carbonyl (C=O) groups is 1. The molecule has 2 aromatic rings. The van der Waals surface area contributed by atoms with Crippen molar-refractivity contribution in [2.24, 2.45) is 5.92 Å². The number of benzene rings is 2. The second-order valence-corrected chi connectivity index (χ2v) is 7.30. The maximum absolute atomic E-state index is 12.3. The van der Waals surface area contributed by atoms with Gasteiger partial charge in [0.05, 0.1) is 0 Å². The average molecular weight is 351 g/mol. The van der Waals surface area contributed by atoms with Crippen LogP contribution in [0.15, 0.2) is 48.5 Å². The van der Waals surface area contributed by atoms with Gasteiger partial charge in [0.15, 0.2) is 0 Å². The van der Waals surface area contributed by atoms with Crippen molar-refractivity contribution in [3.05, 3.63) is 59.7 Å². The highest BCUT2D eigenvalue weighted by atomic mass is 16.5. The Labute approximate surface area is 154 Å². The SMILES string of the molecule is O=C(N[C@H]1CCCC[C@@H]1CO)OCC1c2ccccc2-c2ccccc21. The molecule has 1 saturated carbocycles. The van der Waals surface area contributed by atoms with Crippen LogP contribution in [0.2, 0.25) is 0 Å². The van der Waals surface area contributed by atoms with E-state index in [0.29, 0.717) is 6.61 Å². The van der Waals surface area contributed by atoms with Gasteiger partial charge >= 0.3 is 6.09 Å². The number of carbonyl (C=O) groups excluding carboxylic acids is 1. The lowest BCUT2D eigenvalue weighted by Gasteiger charge is -2.30. The highest BCUT2D eigenvalue weighted by Crippen LogP contribution is 2.44. The third-order valence-corrected chi connectivity index (χ3v) is 5.79. The normalized spacial score (nSPS) is 21.7. The number of hydrogen-bond acceptors (Lipinski definition) is 3. The minimum absolute atomic E-state index is 0.0180. The van der Waals surface area contributed by atoms with Gasteiger partial charge in [-0.05, 0) is 35.1 Å². The summed E-state index contributed by atoms with van der Waals surface area (Å²) >= 11 is 0. The summed E-state index contributed by atoms with van der Waals surface area (Å²) in [5.74, 6) is 0.220. The number of rotatable bonds is 4. The molecule has 2 atom stereocenters. The van der Waals surface area contributed by atoms with E-state index < -0.39 is 0 Å². The lowest BCUT2D eigenvalue weighted by atomic mass is 9.85. The molecule has 136 valence electrons. The van der Waals surface area contributed by atoms with Crippen LogP contribution in [0.25, 0.3) is 11.1 Å². The third kappa shape index (κ3) is 3.21. The van der Waals surface area contributed by atoms with E-state index in [1.807, 2.05) is 24.3 Å². The van der Waals surface area contributed by atoms with E-state index in [2.05, 4.69) is 29.6 Å². The molecule has 0 aromatic heterocycles. The summed E-state index contributed by atoms with van der Waals surface area (Å²) < 4.78 is 5.60. The van der Waals surface area contributed by atoms with E-state index in [9.17, 15) is 9.90 Å². The Bertz CT molecular complexity index is 743. The summed E-state index contributed by atoms with van der Waals surface area (Å²) in [5.41, 5.74) is 4.88. The lowest BCUT2D eigenvalue weighted by molar-refractivity contribution is 0.116. The van der Waals surface area contributed by atoms with E-state index in [1.165, 1.54) is 22.3 Å². The third-order valence-electron chi connectivity index (χ3n) is 5.79. The number of hydrogen-bond donors (Lipinski definition) is 2. The first-order valence-electron chi connectivity index (χ1n) is 9.50. The smallest absolute Gasteiger partial charge is 0.407 e. The van der Waals surface area contributed by atoms with Crippen LogP contribution in [0.1, 0.15) is 42.7 Å². The quantitative estimate of drug-likeness (QED) is 0.873. The summed E-state index contributed by atoms with van der Waals surface area (Å²) in [4.78, 5) is 12.3. The molecule has 4 rings (SSSR count). The van der Waals surface area contributed by atoms with Gasteiger partial charge in [-0.2, -0.15) is 0 Å². The minimum Gasteiger partial charge on any atom is -0.449 e. The minimum atomic E-state index is -0.378. The summed E-state index contributed by atoms with van der Waals surface area (Å²) in [6.45, 7) is 0.449. The molecule has 1 amide bonds. The maximum Gasteiger partial charge on any atom is 0.407 e. The van der Waals surface area contributed by atoms with Crippen molar-refractivity contribution in [3.8, 4) is 11.1 Å². The first-order valence-corrected chi connectivity index (χ1v) is 9.50. The Morgan fingerprint density at radius 2 is 1.62 bits per heavy atom. The summed E-state index contributed by atoms with van der Waals surface area (Å²) in [6, 6.07) is 16.7. The second kappa shape index (κ2) is 7.50. The largest absolute Gasteiger partial charge is 0.449 e. The van der Waals surface area contributed by atoms with Gasteiger partial charge in [0.1, 0.15) is 6.61 Å². The molecule has 0 aliphatic heterocycles. The Kier molecular flexibility index (Phi) is 4.93. The molecule has 2 aliphatic carbocycles.